The molecule has 0 spiro atoms. The van der Waals surface area contributed by atoms with Gasteiger partial charge in [0.1, 0.15) is 6.10 Å². The first-order valence-corrected chi connectivity index (χ1v) is 6.79. The summed E-state index contributed by atoms with van der Waals surface area (Å²) in [5, 5.41) is 11.6. The Bertz CT molecular complexity index is 501. The van der Waals surface area contributed by atoms with Crippen molar-refractivity contribution in [1.82, 2.24) is 0 Å². The molecule has 1 aromatic carbocycles. The van der Waals surface area contributed by atoms with Gasteiger partial charge in [-0.2, -0.15) is 0 Å². The van der Waals surface area contributed by atoms with Crippen LogP contribution in [0.1, 0.15) is 29.8 Å². The Morgan fingerprint density at radius 1 is 1.33 bits per heavy atom. The van der Waals surface area contributed by atoms with Gasteiger partial charge in [-0.1, -0.05) is 0 Å². The molecule has 6 nitrogen and oxygen atoms in total. The van der Waals surface area contributed by atoms with Crippen LogP contribution in [-0.4, -0.2) is 42.9 Å². The first-order chi connectivity index (χ1) is 9.95. The molecule has 0 saturated heterocycles. The van der Waals surface area contributed by atoms with E-state index in [-0.39, 0.29) is 11.5 Å². The van der Waals surface area contributed by atoms with Crippen molar-refractivity contribution in [3.63, 3.8) is 0 Å². The smallest absolute Gasteiger partial charge is 0.335 e. The molecule has 1 aromatic rings. The number of aryl methyl sites for hydroxylation is 1. The maximum atomic E-state index is 11.9. The number of carbonyl (C=O) groups excluding carboxylic acids is 1. The van der Waals surface area contributed by atoms with Gasteiger partial charge in [-0.25, -0.2) is 4.79 Å². The Labute approximate surface area is 124 Å². The molecule has 0 aliphatic rings. The zero-order valence-corrected chi connectivity index (χ0v) is 12.5. The number of hydrogen-bond acceptors (Lipinski definition) is 4. The Kier molecular flexibility index (Phi) is 6.84. The third-order valence-electron chi connectivity index (χ3n) is 2.89. The highest BCUT2D eigenvalue weighted by molar-refractivity contribution is 5.95. The van der Waals surface area contributed by atoms with E-state index in [1.165, 1.54) is 6.07 Å². The minimum absolute atomic E-state index is 0.217. The topological polar surface area (TPSA) is 84.9 Å². The predicted octanol–water partition coefficient (Wildman–Crippen LogP) is 2.07. The minimum atomic E-state index is -0.988. The first-order valence-electron chi connectivity index (χ1n) is 6.79. The number of hydrogen-bond donors (Lipinski definition) is 2. The Morgan fingerprint density at radius 3 is 2.62 bits per heavy atom. The molecule has 116 valence electrons. The average Bonchev–Trinajstić information content (AvgIpc) is 2.43. The third kappa shape index (κ3) is 5.53. The highest BCUT2D eigenvalue weighted by atomic mass is 16.5. The second kappa shape index (κ2) is 8.39. The standard InChI is InChI=1S/C15H21NO5/c1-4-20-7-8-21-11(3)14(17)16-12-5-6-13(15(18)19)10(2)9-12/h5-6,9,11H,4,7-8H2,1-3H3,(H,16,17)(H,18,19). The lowest BCUT2D eigenvalue weighted by Gasteiger charge is -2.14. The Balaban J connectivity index is 2.54. The van der Waals surface area contributed by atoms with Crippen molar-refractivity contribution >= 4 is 17.6 Å². The van der Waals surface area contributed by atoms with Gasteiger partial charge in [0.15, 0.2) is 0 Å². The summed E-state index contributed by atoms with van der Waals surface area (Å²) in [4.78, 5) is 22.8. The second-order valence-electron chi connectivity index (χ2n) is 4.53. The number of benzene rings is 1. The lowest BCUT2D eigenvalue weighted by Crippen LogP contribution is -2.29. The number of carboxylic acid groups (broad SMARTS) is 1. The van der Waals surface area contributed by atoms with Gasteiger partial charge in [0, 0.05) is 12.3 Å². The molecule has 0 bridgehead atoms. The van der Waals surface area contributed by atoms with Crippen molar-refractivity contribution in [2.45, 2.75) is 26.9 Å². The summed E-state index contributed by atoms with van der Waals surface area (Å²) >= 11 is 0. The van der Waals surface area contributed by atoms with Crippen LogP contribution in [0, 0.1) is 6.92 Å². The van der Waals surface area contributed by atoms with Crippen LogP contribution in [-0.2, 0) is 14.3 Å². The van der Waals surface area contributed by atoms with Crippen LogP contribution in [0.3, 0.4) is 0 Å². The molecule has 0 aliphatic carbocycles. The summed E-state index contributed by atoms with van der Waals surface area (Å²) in [5.74, 6) is -1.27. The van der Waals surface area contributed by atoms with Crippen molar-refractivity contribution < 1.29 is 24.2 Å². The van der Waals surface area contributed by atoms with Gasteiger partial charge in [0.25, 0.3) is 5.91 Å². The highest BCUT2D eigenvalue weighted by Gasteiger charge is 2.14. The van der Waals surface area contributed by atoms with Gasteiger partial charge < -0.3 is 19.9 Å². The van der Waals surface area contributed by atoms with Crippen LogP contribution in [0.25, 0.3) is 0 Å². The number of nitrogens with one attached hydrogen (secondary N) is 1. The lowest BCUT2D eigenvalue weighted by molar-refractivity contribution is -0.127. The molecule has 0 heterocycles. The number of carboxylic acids is 1. The van der Waals surface area contributed by atoms with Crippen molar-refractivity contribution in [2.24, 2.45) is 0 Å². The molecule has 1 atom stereocenters. The molecule has 1 unspecified atom stereocenters. The highest BCUT2D eigenvalue weighted by Crippen LogP contribution is 2.15. The van der Waals surface area contributed by atoms with Crippen LogP contribution < -0.4 is 5.32 Å². The third-order valence-corrected chi connectivity index (χ3v) is 2.89. The fraction of sp³-hybridized carbons (Fsp3) is 0.467. The van der Waals surface area contributed by atoms with Gasteiger partial charge in [0.05, 0.1) is 18.8 Å². The van der Waals surface area contributed by atoms with Gasteiger partial charge in [0.2, 0.25) is 0 Å². The van der Waals surface area contributed by atoms with Gasteiger partial charge in [-0.15, -0.1) is 0 Å². The van der Waals surface area contributed by atoms with E-state index in [0.717, 1.165) is 0 Å². The lowest BCUT2D eigenvalue weighted by atomic mass is 10.1. The van der Waals surface area contributed by atoms with Crippen LogP contribution in [0.4, 0.5) is 5.69 Å². The largest absolute Gasteiger partial charge is 0.478 e. The van der Waals surface area contributed by atoms with Crippen molar-refractivity contribution in [3.8, 4) is 0 Å². The van der Waals surface area contributed by atoms with E-state index < -0.39 is 12.1 Å². The maximum absolute atomic E-state index is 11.9. The van der Waals surface area contributed by atoms with E-state index in [0.29, 0.717) is 31.1 Å². The summed E-state index contributed by atoms with van der Waals surface area (Å²) < 4.78 is 10.5. The number of amides is 1. The fourth-order valence-corrected chi connectivity index (χ4v) is 1.73. The summed E-state index contributed by atoms with van der Waals surface area (Å²) in [6, 6.07) is 4.64. The zero-order valence-electron chi connectivity index (χ0n) is 12.5. The SMILES string of the molecule is CCOCCOC(C)C(=O)Nc1ccc(C(=O)O)c(C)c1. The van der Waals surface area contributed by atoms with E-state index in [4.69, 9.17) is 14.6 Å². The van der Waals surface area contributed by atoms with Crippen LogP contribution in [0.2, 0.25) is 0 Å². The van der Waals surface area contributed by atoms with Crippen molar-refractivity contribution in [3.05, 3.63) is 29.3 Å². The molecule has 1 rings (SSSR count). The number of carbonyl (C=O) groups is 2. The molecule has 21 heavy (non-hydrogen) atoms. The van der Waals surface area contributed by atoms with E-state index in [2.05, 4.69) is 5.32 Å². The molecular weight excluding hydrogens is 274 g/mol. The molecule has 2 N–H and O–H groups in total. The van der Waals surface area contributed by atoms with E-state index in [1.54, 1.807) is 26.0 Å². The van der Waals surface area contributed by atoms with Crippen molar-refractivity contribution in [2.75, 3.05) is 25.1 Å². The fourth-order valence-electron chi connectivity index (χ4n) is 1.73. The predicted molar refractivity (Wildman–Crippen MR) is 78.7 cm³/mol. The van der Waals surface area contributed by atoms with Crippen LogP contribution in [0.15, 0.2) is 18.2 Å². The van der Waals surface area contributed by atoms with Crippen LogP contribution >= 0.6 is 0 Å². The molecule has 0 aliphatic heterocycles. The van der Waals surface area contributed by atoms with Crippen molar-refractivity contribution in [1.29, 1.82) is 0 Å². The number of aromatic carboxylic acids is 1. The summed E-state index contributed by atoms with van der Waals surface area (Å²) in [7, 11) is 0. The Hall–Kier alpha value is -1.92. The number of anilines is 1. The quantitative estimate of drug-likeness (QED) is 0.717. The molecule has 1 amide bonds. The summed E-state index contributed by atoms with van der Waals surface area (Å²) in [5.41, 5.74) is 1.35. The molecule has 6 heteroatoms. The normalized spacial score (nSPS) is 12.0. The van der Waals surface area contributed by atoms with E-state index in [1.807, 2.05) is 6.92 Å². The van der Waals surface area contributed by atoms with Gasteiger partial charge in [-0.3, -0.25) is 4.79 Å². The average molecular weight is 295 g/mol. The molecule has 0 fully saturated rings. The van der Waals surface area contributed by atoms with Gasteiger partial charge in [-0.05, 0) is 44.5 Å². The molecule has 0 aromatic heterocycles. The minimum Gasteiger partial charge on any atom is -0.478 e. The number of ether oxygens (including phenoxy) is 2. The number of rotatable bonds is 8. The Morgan fingerprint density at radius 2 is 2.05 bits per heavy atom. The summed E-state index contributed by atoms with van der Waals surface area (Å²) in [6.45, 7) is 6.62. The zero-order chi connectivity index (χ0) is 15.8. The molecular formula is C15H21NO5. The van der Waals surface area contributed by atoms with E-state index >= 15 is 0 Å². The molecule has 0 radical (unpaired) electrons. The summed E-state index contributed by atoms with van der Waals surface area (Å²) in [6.07, 6.45) is -0.607. The maximum Gasteiger partial charge on any atom is 0.335 e. The second-order valence-corrected chi connectivity index (χ2v) is 4.53. The van der Waals surface area contributed by atoms with Crippen LogP contribution in [0.5, 0.6) is 0 Å². The first kappa shape index (κ1) is 17.1. The monoisotopic (exact) mass is 295 g/mol. The van der Waals surface area contributed by atoms with E-state index in [9.17, 15) is 9.59 Å². The molecule has 0 saturated carbocycles. The van der Waals surface area contributed by atoms with Gasteiger partial charge >= 0.3 is 5.97 Å².